The summed E-state index contributed by atoms with van der Waals surface area (Å²) in [7, 11) is 0. The van der Waals surface area contributed by atoms with E-state index in [-0.39, 0.29) is 3.79 Å². The molecule has 0 atom stereocenters. The predicted octanol–water partition coefficient (Wildman–Crippen LogP) is 4.05. The average Bonchev–Trinajstić information content (AvgIpc) is 2.16. The van der Waals surface area contributed by atoms with E-state index in [1.165, 1.54) is 5.56 Å². The summed E-state index contributed by atoms with van der Waals surface area (Å²) >= 11 is 8.60. The van der Waals surface area contributed by atoms with Crippen LogP contribution in [0.3, 0.4) is 0 Å². The van der Waals surface area contributed by atoms with E-state index in [0.29, 0.717) is 0 Å². The van der Waals surface area contributed by atoms with E-state index in [1.54, 1.807) is 0 Å². The molecule has 1 aromatic carbocycles. The first-order valence-electron chi connectivity index (χ1n) is 3.63. The number of halogens is 3. The number of carbonyl (C=O) groups excluding carboxylic acids is 1. The van der Waals surface area contributed by atoms with Crippen LogP contribution in [0.2, 0.25) is 0 Å². The Morgan fingerprint density at radius 2 is 2.00 bits per heavy atom. The molecular weight excluding hydrogens is 411 g/mol. The first kappa shape index (κ1) is 11.7. The molecule has 0 aliphatic carbocycles. The van der Waals surface area contributed by atoms with Gasteiger partial charge >= 0.3 is 0 Å². The van der Waals surface area contributed by atoms with Crippen LogP contribution in [-0.4, -0.2) is 3.79 Å². The van der Waals surface area contributed by atoms with E-state index in [0.717, 1.165) is 21.8 Å². The van der Waals surface area contributed by atoms with E-state index in [1.807, 2.05) is 40.8 Å². The Balaban J connectivity index is 3.27. The van der Waals surface area contributed by atoms with E-state index >= 15 is 0 Å². The van der Waals surface area contributed by atoms with Gasteiger partial charge in [-0.15, -0.1) is 0 Å². The van der Waals surface area contributed by atoms with Crippen LogP contribution in [0, 0.1) is 0 Å². The zero-order valence-corrected chi connectivity index (χ0v) is 12.0. The average molecular weight is 418 g/mol. The highest BCUT2D eigenvalue weighted by Gasteiger charge is 2.10. The maximum Gasteiger partial charge on any atom is 0.222 e. The van der Waals surface area contributed by atoms with Crippen LogP contribution < -0.4 is 0 Å². The highest BCUT2D eigenvalue weighted by molar-refractivity contribution is 14.1. The van der Waals surface area contributed by atoms with Crippen molar-refractivity contribution in [2.45, 2.75) is 10.7 Å². The lowest BCUT2D eigenvalue weighted by atomic mass is 10.0. The molecule has 70 valence electrons. The molecular formula is C9H7Br2IO. The van der Waals surface area contributed by atoms with Crippen molar-refractivity contribution in [3.63, 3.8) is 0 Å². The molecule has 0 bridgehead atoms. The number of benzene rings is 1. The molecule has 4 heteroatoms. The lowest BCUT2D eigenvalue weighted by Gasteiger charge is -2.07. The van der Waals surface area contributed by atoms with Crippen LogP contribution in [-0.2, 0) is 10.7 Å². The Morgan fingerprint density at radius 3 is 2.46 bits per heavy atom. The normalized spacial score (nSPS) is 10.1. The molecule has 0 unspecified atom stereocenters. The van der Waals surface area contributed by atoms with Crippen molar-refractivity contribution in [3.8, 4) is 0 Å². The van der Waals surface area contributed by atoms with E-state index in [9.17, 15) is 4.79 Å². The number of rotatable bonds is 3. The van der Waals surface area contributed by atoms with Crippen LogP contribution in [0.5, 0.6) is 0 Å². The SMILES string of the molecule is O=C(I)c1cccc(CBr)c1CBr. The van der Waals surface area contributed by atoms with Gasteiger partial charge in [0.15, 0.2) is 0 Å². The zero-order chi connectivity index (χ0) is 9.84. The highest BCUT2D eigenvalue weighted by atomic mass is 127. The Kier molecular flexibility index (Phi) is 4.89. The monoisotopic (exact) mass is 416 g/mol. The second kappa shape index (κ2) is 5.46. The van der Waals surface area contributed by atoms with Crippen molar-refractivity contribution in [2.24, 2.45) is 0 Å². The molecule has 13 heavy (non-hydrogen) atoms. The lowest BCUT2D eigenvalue weighted by molar-refractivity contribution is 0.110. The van der Waals surface area contributed by atoms with Gasteiger partial charge in [0, 0.05) is 38.8 Å². The molecule has 0 radical (unpaired) electrons. The third kappa shape index (κ3) is 2.76. The van der Waals surface area contributed by atoms with Crippen LogP contribution in [0.25, 0.3) is 0 Å². The highest BCUT2D eigenvalue weighted by Crippen LogP contribution is 2.22. The topological polar surface area (TPSA) is 17.1 Å². The van der Waals surface area contributed by atoms with Gasteiger partial charge in [-0.2, -0.15) is 0 Å². The molecule has 0 aromatic heterocycles. The van der Waals surface area contributed by atoms with Crippen LogP contribution in [0.15, 0.2) is 18.2 Å². The Morgan fingerprint density at radius 1 is 1.31 bits per heavy atom. The summed E-state index contributed by atoms with van der Waals surface area (Å²) < 4.78 is 0.0925. The zero-order valence-electron chi connectivity index (χ0n) is 6.69. The smallest absolute Gasteiger partial charge is 0.222 e. The maximum atomic E-state index is 11.2. The minimum Gasteiger partial charge on any atom is -0.282 e. The number of carbonyl (C=O) groups is 1. The summed E-state index contributed by atoms with van der Waals surface area (Å²) in [5, 5.41) is 1.50. The molecule has 0 saturated heterocycles. The van der Waals surface area contributed by atoms with Crippen molar-refractivity contribution in [2.75, 3.05) is 0 Å². The van der Waals surface area contributed by atoms with Crippen LogP contribution in [0.1, 0.15) is 21.5 Å². The summed E-state index contributed by atoms with van der Waals surface area (Å²) in [5.74, 6) is 0. The quantitative estimate of drug-likeness (QED) is 0.412. The molecule has 0 spiro atoms. The second-order valence-corrected chi connectivity index (χ2v) is 4.59. The predicted molar refractivity (Wildman–Crippen MR) is 70.1 cm³/mol. The van der Waals surface area contributed by atoms with Crippen molar-refractivity contribution in [1.82, 2.24) is 0 Å². The largest absolute Gasteiger partial charge is 0.282 e. The molecule has 0 aliphatic rings. The van der Waals surface area contributed by atoms with E-state index < -0.39 is 0 Å². The molecule has 0 aliphatic heterocycles. The van der Waals surface area contributed by atoms with Gasteiger partial charge in [0.25, 0.3) is 0 Å². The van der Waals surface area contributed by atoms with E-state index in [2.05, 4.69) is 31.9 Å². The molecule has 1 aromatic rings. The minimum absolute atomic E-state index is 0.0925. The first-order valence-corrected chi connectivity index (χ1v) is 6.95. The Bertz CT molecular complexity index is 325. The summed E-state index contributed by atoms with van der Waals surface area (Å²) in [6.07, 6.45) is 0. The van der Waals surface area contributed by atoms with Crippen molar-refractivity contribution >= 4 is 58.2 Å². The van der Waals surface area contributed by atoms with Gasteiger partial charge in [-0.25, -0.2) is 0 Å². The standard InChI is InChI=1S/C9H7Br2IO/c10-4-6-2-1-3-7(9(12)13)8(6)5-11/h1-3H,4-5H2. The molecule has 1 nitrogen and oxygen atoms in total. The van der Waals surface area contributed by atoms with Gasteiger partial charge in [0.1, 0.15) is 0 Å². The van der Waals surface area contributed by atoms with Gasteiger partial charge in [-0.05, 0) is 11.1 Å². The van der Waals surface area contributed by atoms with Gasteiger partial charge in [-0.3, -0.25) is 4.79 Å². The van der Waals surface area contributed by atoms with Crippen LogP contribution >= 0.6 is 54.5 Å². The number of hydrogen-bond donors (Lipinski definition) is 0. The van der Waals surface area contributed by atoms with Crippen LogP contribution in [0.4, 0.5) is 0 Å². The van der Waals surface area contributed by atoms with Gasteiger partial charge in [0.2, 0.25) is 3.79 Å². The fraction of sp³-hybridized carbons (Fsp3) is 0.222. The minimum atomic E-state index is 0.0925. The van der Waals surface area contributed by atoms with Crippen molar-refractivity contribution < 1.29 is 4.79 Å². The molecule has 0 N–H and O–H groups in total. The summed E-state index contributed by atoms with van der Waals surface area (Å²) in [5.41, 5.74) is 3.05. The van der Waals surface area contributed by atoms with Gasteiger partial charge in [0.05, 0.1) is 0 Å². The van der Waals surface area contributed by atoms with Gasteiger partial charge in [-0.1, -0.05) is 50.1 Å². The molecule has 1 rings (SSSR count). The summed E-state index contributed by atoms with van der Waals surface area (Å²) in [6.45, 7) is 0. The summed E-state index contributed by atoms with van der Waals surface area (Å²) in [6, 6.07) is 5.79. The fourth-order valence-electron chi connectivity index (χ4n) is 1.10. The number of hydrogen-bond acceptors (Lipinski definition) is 1. The molecule has 0 amide bonds. The van der Waals surface area contributed by atoms with Gasteiger partial charge < -0.3 is 0 Å². The Hall–Kier alpha value is 0.580. The molecule has 0 fully saturated rings. The molecule has 0 saturated carbocycles. The van der Waals surface area contributed by atoms with E-state index in [4.69, 9.17) is 0 Å². The fourth-order valence-corrected chi connectivity index (χ4v) is 2.79. The third-order valence-corrected chi connectivity index (χ3v) is 3.51. The van der Waals surface area contributed by atoms with Crippen molar-refractivity contribution in [3.05, 3.63) is 34.9 Å². The number of alkyl halides is 2. The molecule has 0 heterocycles. The first-order chi connectivity index (χ1) is 6.20. The van der Waals surface area contributed by atoms with Crippen molar-refractivity contribution in [1.29, 1.82) is 0 Å². The third-order valence-electron chi connectivity index (χ3n) is 1.76. The summed E-state index contributed by atoms with van der Waals surface area (Å²) in [4.78, 5) is 11.2. The lowest BCUT2D eigenvalue weighted by Crippen LogP contribution is -1.98. The second-order valence-electron chi connectivity index (χ2n) is 2.48. The Labute approximate surface area is 108 Å². The maximum absolute atomic E-state index is 11.2.